The largest absolute Gasteiger partial charge is 0.544 e. The van der Waals surface area contributed by atoms with E-state index in [1.807, 2.05) is 0 Å². The van der Waals surface area contributed by atoms with E-state index < -0.39 is 20.3 Å². The maximum absolute atomic E-state index is 11.7. The quantitative estimate of drug-likeness (QED) is 0.476. The van der Waals surface area contributed by atoms with E-state index in [0.29, 0.717) is 5.56 Å². The molecule has 0 heterocycles. The van der Waals surface area contributed by atoms with E-state index in [0.717, 1.165) is 5.75 Å². The summed E-state index contributed by atoms with van der Waals surface area (Å²) in [7, 11) is -1.89. The fraction of sp³-hybridized carbons (Fsp3) is 0.500. The lowest BCUT2D eigenvalue weighted by Gasteiger charge is -2.36. The monoisotopic (exact) mass is 308 g/mol. The fourth-order valence-electron chi connectivity index (χ4n) is 1.34. The number of rotatable bonds is 4. The summed E-state index contributed by atoms with van der Waals surface area (Å²) in [6.07, 6.45) is 0.179. The van der Waals surface area contributed by atoms with Crippen molar-refractivity contribution in [2.45, 2.75) is 52.2 Å². The molecule has 4 nitrogen and oxygen atoms in total. The lowest BCUT2D eigenvalue weighted by Crippen LogP contribution is -2.43. The van der Waals surface area contributed by atoms with E-state index in [-0.39, 0.29) is 11.5 Å². The zero-order valence-corrected chi connectivity index (χ0v) is 14.6. The molecule has 0 unspecified atom stereocenters. The van der Waals surface area contributed by atoms with Gasteiger partial charge in [-0.3, -0.25) is 4.79 Å². The molecule has 0 radical (unpaired) electrons. The van der Waals surface area contributed by atoms with Gasteiger partial charge in [0, 0.05) is 6.42 Å². The molecule has 1 aromatic carbocycles. The van der Waals surface area contributed by atoms with Crippen molar-refractivity contribution in [3.05, 3.63) is 29.8 Å². The first-order valence-electron chi connectivity index (χ1n) is 7.11. The number of benzene rings is 1. The minimum absolute atomic E-state index is 0.109. The first-order chi connectivity index (χ1) is 9.56. The maximum atomic E-state index is 11.7. The van der Waals surface area contributed by atoms with Gasteiger partial charge in [-0.2, -0.15) is 0 Å². The van der Waals surface area contributed by atoms with Crippen LogP contribution < -0.4 is 4.43 Å². The van der Waals surface area contributed by atoms with Crippen LogP contribution in [0.3, 0.4) is 0 Å². The van der Waals surface area contributed by atoms with Gasteiger partial charge in [0.2, 0.25) is 8.32 Å². The van der Waals surface area contributed by atoms with Crippen molar-refractivity contribution in [2.24, 2.45) is 0 Å². The zero-order valence-electron chi connectivity index (χ0n) is 13.6. The predicted molar refractivity (Wildman–Crippen MR) is 85.0 cm³/mol. The second-order valence-corrected chi connectivity index (χ2v) is 11.2. The Bertz CT molecular complexity index is 512. The zero-order chi connectivity index (χ0) is 16.3. The molecule has 21 heavy (non-hydrogen) atoms. The van der Waals surface area contributed by atoms with Crippen LogP contribution in [-0.2, 0) is 9.53 Å². The van der Waals surface area contributed by atoms with Crippen LogP contribution in [0.5, 0.6) is 5.75 Å². The molecule has 1 aromatic rings. The van der Waals surface area contributed by atoms with Gasteiger partial charge in [0.25, 0.3) is 0 Å². The van der Waals surface area contributed by atoms with Crippen molar-refractivity contribution in [2.75, 3.05) is 0 Å². The highest BCUT2D eigenvalue weighted by molar-refractivity contribution is 6.74. The van der Waals surface area contributed by atoms with Crippen molar-refractivity contribution in [1.82, 2.24) is 0 Å². The number of ether oxygens (including phenoxy) is 1. The molecule has 0 saturated heterocycles. The Balaban J connectivity index is 2.79. The number of carbonyl (C=O) groups excluding carboxylic acids is 2. The van der Waals surface area contributed by atoms with E-state index >= 15 is 0 Å². The number of esters is 2. The predicted octanol–water partition coefficient (Wildman–Crippen LogP) is 4.16. The number of hydrogen-bond acceptors (Lipinski definition) is 4. The summed E-state index contributed by atoms with van der Waals surface area (Å²) in [5, 5.41) is 0.109. The van der Waals surface area contributed by atoms with Gasteiger partial charge in [0.1, 0.15) is 5.75 Å². The topological polar surface area (TPSA) is 52.6 Å². The molecule has 0 amide bonds. The Morgan fingerprint density at radius 2 is 1.62 bits per heavy atom. The summed E-state index contributed by atoms with van der Waals surface area (Å²) in [6, 6.07) is 6.72. The Labute approximate surface area is 127 Å². The minimum Gasteiger partial charge on any atom is -0.544 e. The summed E-state index contributed by atoms with van der Waals surface area (Å²) < 4.78 is 10.8. The second-order valence-electron chi connectivity index (χ2n) is 6.50. The van der Waals surface area contributed by atoms with Gasteiger partial charge >= 0.3 is 11.9 Å². The fourth-order valence-corrected chi connectivity index (χ4v) is 2.37. The molecule has 0 aromatic heterocycles. The van der Waals surface area contributed by atoms with Gasteiger partial charge in [0.05, 0.1) is 5.56 Å². The van der Waals surface area contributed by atoms with Crippen LogP contribution in [0.2, 0.25) is 18.1 Å². The molecule has 116 valence electrons. The average molecular weight is 308 g/mol. The van der Waals surface area contributed by atoms with Crippen LogP contribution >= 0.6 is 0 Å². The highest BCUT2D eigenvalue weighted by atomic mass is 28.4. The highest BCUT2D eigenvalue weighted by Crippen LogP contribution is 2.37. The Hall–Kier alpha value is -1.62. The standard InChI is InChI=1S/C16H24O4Si/c1-7-14(17)19-15(18)12-8-10-13(11-9-12)20-21(5,6)16(2,3)4/h8-11H,7H2,1-6H3. The normalized spacial score (nSPS) is 11.9. The first kappa shape index (κ1) is 17.4. The van der Waals surface area contributed by atoms with Gasteiger partial charge in [-0.1, -0.05) is 27.7 Å². The van der Waals surface area contributed by atoms with Crippen LogP contribution in [0.25, 0.3) is 0 Å². The minimum atomic E-state index is -1.89. The van der Waals surface area contributed by atoms with Crippen LogP contribution in [0, 0.1) is 0 Å². The maximum Gasteiger partial charge on any atom is 0.345 e. The molecule has 5 heteroatoms. The van der Waals surface area contributed by atoms with Crippen molar-refractivity contribution < 1.29 is 18.8 Å². The lowest BCUT2D eigenvalue weighted by molar-refractivity contribution is -0.137. The molecule has 0 aliphatic carbocycles. The molecule has 0 spiro atoms. The van der Waals surface area contributed by atoms with Crippen molar-refractivity contribution in [1.29, 1.82) is 0 Å². The third-order valence-corrected chi connectivity index (χ3v) is 8.12. The van der Waals surface area contributed by atoms with E-state index in [1.54, 1.807) is 31.2 Å². The average Bonchev–Trinajstić information content (AvgIpc) is 2.37. The summed E-state index contributed by atoms with van der Waals surface area (Å²) in [5.41, 5.74) is 0.347. The molecule has 0 atom stereocenters. The summed E-state index contributed by atoms with van der Waals surface area (Å²) in [4.78, 5) is 22.8. The molecule has 0 aliphatic rings. The molecular formula is C16H24O4Si. The number of carbonyl (C=O) groups is 2. The van der Waals surface area contributed by atoms with Crippen LogP contribution in [0.4, 0.5) is 0 Å². The van der Waals surface area contributed by atoms with Crippen LogP contribution in [0.15, 0.2) is 24.3 Å². The summed E-state index contributed by atoms with van der Waals surface area (Å²) in [5.74, 6) is -0.415. The Morgan fingerprint density at radius 3 is 2.05 bits per heavy atom. The second kappa shape index (κ2) is 6.43. The third-order valence-electron chi connectivity index (χ3n) is 3.76. The smallest absolute Gasteiger partial charge is 0.345 e. The van der Waals surface area contributed by atoms with Gasteiger partial charge in [0.15, 0.2) is 0 Å². The van der Waals surface area contributed by atoms with E-state index in [1.165, 1.54) is 0 Å². The van der Waals surface area contributed by atoms with Crippen molar-refractivity contribution >= 4 is 20.3 Å². The summed E-state index contributed by atoms with van der Waals surface area (Å²) >= 11 is 0. The van der Waals surface area contributed by atoms with Crippen molar-refractivity contribution in [3.8, 4) is 5.75 Å². The number of hydrogen-bond donors (Lipinski definition) is 0. The molecule has 0 fully saturated rings. The van der Waals surface area contributed by atoms with Gasteiger partial charge in [-0.25, -0.2) is 4.79 Å². The molecule has 0 bridgehead atoms. The first-order valence-corrected chi connectivity index (χ1v) is 10.0. The molecular weight excluding hydrogens is 284 g/mol. The van der Waals surface area contributed by atoms with Crippen LogP contribution in [0.1, 0.15) is 44.5 Å². The van der Waals surface area contributed by atoms with Gasteiger partial charge < -0.3 is 9.16 Å². The van der Waals surface area contributed by atoms with E-state index in [2.05, 4.69) is 38.6 Å². The Kier molecular flexibility index (Phi) is 5.34. The van der Waals surface area contributed by atoms with E-state index in [4.69, 9.17) is 4.43 Å². The van der Waals surface area contributed by atoms with E-state index in [9.17, 15) is 9.59 Å². The lowest BCUT2D eigenvalue weighted by atomic mass is 10.2. The molecule has 0 N–H and O–H groups in total. The van der Waals surface area contributed by atoms with Gasteiger partial charge in [-0.15, -0.1) is 0 Å². The van der Waals surface area contributed by atoms with Gasteiger partial charge in [-0.05, 0) is 42.4 Å². The van der Waals surface area contributed by atoms with Crippen LogP contribution in [-0.4, -0.2) is 20.3 Å². The molecule has 0 aliphatic heterocycles. The highest BCUT2D eigenvalue weighted by Gasteiger charge is 2.38. The van der Waals surface area contributed by atoms with Crippen molar-refractivity contribution in [3.63, 3.8) is 0 Å². The summed E-state index contributed by atoms with van der Waals surface area (Å²) in [6.45, 7) is 12.5. The SMILES string of the molecule is CCC(=O)OC(=O)c1ccc(O[Si](C)(C)C(C)(C)C)cc1. The third kappa shape index (κ3) is 4.70. The molecule has 0 saturated carbocycles. The Morgan fingerprint density at radius 1 is 1.10 bits per heavy atom. The molecule has 1 rings (SSSR count).